The Kier molecular flexibility index (Phi) is 9.43. The minimum atomic E-state index is -0.0164. The molecule has 0 aromatic heterocycles. The molecule has 0 spiro atoms. The first-order valence-corrected chi connectivity index (χ1v) is 12.5. The Balaban J connectivity index is 1.40. The van der Waals surface area contributed by atoms with Crippen molar-refractivity contribution < 1.29 is 4.39 Å². The zero-order valence-electron chi connectivity index (χ0n) is 19.3. The molecule has 1 heteroatoms. The predicted molar refractivity (Wildman–Crippen MR) is 128 cm³/mol. The summed E-state index contributed by atoms with van der Waals surface area (Å²) in [5, 5.41) is 0. The Hall–Kier alpha value is -1.63. The van der Waals surface area contributed by atoms with E-state index in [9.17, 15) is 4.39 Å². The molecule has 0 amide bonds. The third-order valence-corrected chi connectivity index (χ3v) is 7.26. The van der Waals surface area contributed by atoms with Gasteiger partial charge in [0, 0.05) is 0 Å². The molecule has 0 atom stereocenters. The Labute approximate surface area is 184 Å². The van der Waals surface area contributed by atoms with Crippen LogP contribution in [0.5, 0.6) is 0 Å². The number of unbranched alkanes of at least 4 members (excludes halogenated alkanes) is 2. The average molecular weight is 409 g/mol. The Morgan fingerprint density at radius 3 is 1.97 bits per heavy atom. The van der Waals surface area contributed by atoms with Gasteiger partial charge in [0.05, 0.1) is 0 Å². The summed E-state index contributed by atoms with van der Waals surface area (Å²) >= 11 is 0. The maximum Gasteiger partial charge on any atom is 0.126 e. The van der Waals surface area contributed by atoms with E-state index in [4.69, 9.17) is 0 Å². The summed E-state index contributed by atoms with van der Waals surface area (Å²) in [4.78, 5) is 0. The summed E-state index contributed by atoms with van der Waals surface area (Å²) in [5.74, 6) is 1.81. The SMILES string of the molecule is CCCCCC1CCC(CCc2ccc(CCc3ccc(CC)cc3)c(F)c2)CC1. The smallest absolute Gasteiger partial charge is 0.126 e. The first-order chi connectivity index (χ1) is 14.7. The highest BCUT2D eigenvalue weighted by molar-refractivity contribution is 5.27. The van der Waals surface area contributed by atoms with E-state index in [1.165, 1.54) is 74.5 Å². The molecule has 164 valence electrons. The molecule has 0 N–H and O–H groups in total. The molecule has 3 rings (SSSR count). The lowest BCUT2D eigenvalue weighted by atomic mass is 9.78. The summed E-state index contributed by atoms with van der Waals surface area (Å²) in [6, 6.07) is 14.7. The summed E-state index contributed by atoms with van der Waals surface area (Å²) < 4.78 is 14.6. The Bertz CT molecular complexity index is 737. The van der Waals surface area contributed by atoms with Crippen molar-refractivity contribution in [3.63, 3.8) is 0 Å². The van der Waals surface area contributed by atoms with Crippen molar-refractivity contribution in [2.45, 2.75) is 97.3 Å². The van der Waals surface area contributed by atoms with Gasteiger partial charge in [-0.2, -0.15) is 0 Å². The van der Waals surface area contributed by atoms with Crippen LogP contribution in [0.4, 0.5) is 4.39 Å². The van der Waals surface area contributed by atoms with Crippen LogP contribution >= 0.6 is 0 Å². The van der Waals surface area contributed by atoms with Crippen molar-refractivity contribution in [2.24, 2.45) is 11.8 Å². The van der Waals surface area contributed by atoms with Crippen LogP contribution in [-0.4, -0.2) is 0 Å². The number of hydrogen-bond acceptors (Lipinski definition) is 0. The molecule has 1 aliphatic carbocycles. The number of hydrogen-bond donors (Lipinski definition) is 0. The van der Waals surface area contributed by atoms with Gasteiger partial charge in [0.15, 0.2) is 0 Å². The van der Waals surface area contributed by atoms with Gasteiger partial charge in [-0.1, -0.05) is 102 Å². The monoisotopic (exact) mass is 408 g/mol. The van der Waals surface area contributed by atoms with E-state index in [1.54, 1.807) is 6.07 Å². The van der Waals surface area contributed by atoms with Crippen LogP contribution in [0.25, 0.3) is 0 Å². The fourth-order valence-electron chi connectivity index (χ4n) is 5.03. The second-order valence-corrected chi connectivity index (χ2v) is 9.52. The molecule has 30 heavy (non-hydrogen) atoms. The Morgan fingerprint density at radius 2 is 1.33 bits per heavy atom. The maximum absolute atomic E-state index is 14.6. The quantitative estimate of drug-likeness (QED) is 0.327. The highest BCUT2D eigenvalue weighted by atomic mass is 19.1. The van der Waals surface area contributed by atoms with Crippen molar-refractivity contribution in [3.8, 4) is 0 Å². The molecule has 2 aromatic rings. The minimum Gasteiger partial charge on any atom is -0.207 e. The van der Waals surface area contributed by atoms with E-state index in [1.807, 2.05) is 6.07 Å². The van der Waals surface area contributed by atoms with Crippen molar-refractivity contribution >= 4 is 0 Å². The van der Waals surface area contributed by atoms with Crippen LogP contribution < -0.4 is 0 Å². The molecule has 0 radical (unpaired) electrons. The molecular formula is C29H41F. The molecule has 0 aliphatic heterocycles. The third-order valence-electron chi connectivity index (χ3n) is 7.26. The van der Waals surface area contributed by atoms with Gasteiger partial charge in [-0.3, -0.25) is 0 Å². The van der Waals surface area contributed by atoms with Gasteiger partial charge in [-0.15, -0.1) is 0 Å². The standard InChI is InChI=1S/C29H41F/c1-3-5-6-7-24-12-14-25(15-13-24)16-17-27-19-21-28(29(30)22-27)20-18-26-10-8-23(4-2)9-11-26/h8-11,19,21-22,24-25H,3-7,12-18,20H2,1-2H3. The van der Waals surface area contributed by atoms with Crippen molar-refractivity contribution in [3.05, 3.63) is 70.5 Å². The van der Waals surface area contributed by atoms with Crippen LogP contribution in [0.1, 0.15) is 93.9 Å². The van der Waals surface area contributed by atoms with Crippen LogP contribution in [0.3, 0.4) is 0 Å². The van der Waals surface area contributed by atoms with Crippen LogP contribution in [0, 0.1) is 17.7 Å². The fraction of sp³-hybridized carbons (Fsp3) is 0.586. The Morgan fingerprint density at radius 1 is 0.700 bits per heavy atom. The zero-order valence-corrected chi connectivity index (χ0v) is 19.3. The summed E-state index contributed by atoms with van der Waals surface area (Å²) in [7, 11) is 0. The van der Waals surface area contributed by atoms with E-state index >= 15 is 0 Å². The molecule has 1 saturated carbocycles. The molecule has 0 saturated heterocycles. The van der Waals surface area contributed by atoms with Crippen molar-refractivity contribution in [2.75, 3.05) is 0 Å². The van der Waals surface area contributed by atoms with Gasteiger partial charge in [0.2, 0.25) is 0 Å². The normalized spacial score (nSPS) is 19.2. The summed E-state index contributed by atoms with van der Waals surface area (Å²) in [6.07, 6.45) is 16.2. The van der Waals surface area contributed by atoms with Gasteiger partial charge in [0.25, 0.3) is 0 Å². The van der Waals surface area contributed by atoms with Gasteiger partial charge in [0.1, 0.15) is 5.82 Å². The molecule has 0 heterocycles. The van der Waals surface area contributed by atoms with E-state index in [0.29, 0.717) is 0 Å². The van der Waals surface area contributed by atoms with E-state index in [0.717, 1.165) is 43.1 Å². The first kappa shape index (κ1) is 23.0. The van der Waals surface area contributed by atoms with E-state index in [-0.39, 0.29) is 5.82 Å². The van der Waals surface area contributed by atoms with Crippen LogP contribution in [0.2, 0.25) is 0 Å². The van der Waals surface area contributed by atoms with Crippen LogP contribution in [0.15, 0.2) is 42.5 Å². The van der Waals surface area contributed by atoms with Crippen molar-refractivity contribution in [1.82, 2.24) is 0 Å². The fourth-order valence-corrected chi connectivity index (χ4v) is 5.03. The predicted octanol–water partition coefficient (Wildman–Crippen LogP) is 8.49. The highest BCUT2D eigenvalue weighted by Crippen LogP contribution is 2.34. The molecule has 1 fully saturated rings. The lowest BCUT2D eigenvalue weighted by molar-refractivity contribution is 0.249. The zero-order chi connectivity index (χ0) is 21.2. The number of halogens is 1. The summed E-state index contributed by atoms with van der Waals surface area (Å²) in [6.45, 7) is 4.46. The third kappa shape index (κ3) is 7.25. The van der Waals surface area contributed by atoms with Crippen LogP contribution in [-0.2, 0) is 25.7 Å². The average Bonchev–Trinajstić information content (AvgIpc) is 2.78. The van der Waals surface area contributed by atoms with E-state index in [2.05, 4.69) is 44.2 Å². The molecule has 0 bridgehead atoms. The van der Waals surface area contributed by atoms with Gasteiger partial charge >= 0.3 is 0 Å². The molecule has 1 aliphatic rings. The lowest BCUT2D eigenvalue weighted by Gasteiger charge is -2.28. The minimum absolute atomic E-state index is 0.0164. The molecule has 0 nitrogen and oxygen atoms in total. The highest BCUT2D eigenvalue weighted by Gasteiger charge is 2.20. The number of aryl methyl sites for hydroxylation is 4. The van der Waals surface area contributed by atoms with Gasteiger partial charge < -0.3 is 0 Å². The van der Waals surface area contributed by atoms with Gasteiger partial charge in [-0.25, -0.2) is 4.39 Å². The second kappa shape index (κ2) is 12.3. The molecule has 2 aromatic carbocycles. The number of benzene rings is 2. The summed E-state index contributed by atoms with van der Waals surface area (Å²) in [5.41, 5.74) is 4.68. The second-order valence-electron chi connectivity index (χ2n) is 9.52. The van der Waals surface area contributed by atoms with Gasteiger partial charge in [-0.05, 0) is 72.3 Å². The topological polar surface area (TPSA) is 0 Å². The number of rotatable bonds is 11. The van der Waals surface area contributed by atoms with Crippen molar-refractivity contribution in [1.29, 1.82) is 0 Å². The molecule has 0 unspecified atom stereocenters. The van der Waals surface area contributed by atoms with E-state index < -0.39 is 0 Å². The lowest BCUT2D eigenvalue weighted by Crippen LogP contribution is -2.15. The first-order valence-electron chi connectivity index (χ1n) is 12.5. The largest absolute Gasteiger partial charge is 0.207 e. The maximum atomic E-state index is 14.6. The molecular weight excluding hydrogens is 367 g/mol.